The normalized spacial score (nSPS) is 12.6. The average Bonchev–Trinajstić information content (AvgIpc) is 3.03. The van der Waals surface area contributed by atoms with E-state index in [1.165, 1.54) is 11.3 Å². The molecular weight excluding hydrogens is 298 g/mol. The highest BCUT2D eigenvalue weighted by molar-refractivity contribution is 8.00. The van der Waals surface area contributed by atoms with Gasteiger partial charge in [-0.25, -0.2) is 4.98 Å². The highest BCUT2D eigenvalue weighted by Gasteiger charge is 2.13. The van der Waals surface area contributed by atoms with Gasteiger partial charge in [0.2, 0.25) is 6.79 Å². The molecule has 1 N–H and O–H groups in total. The number of thioether (sulfide) groups is 1. The fourth-order valence-corrected chi connectivity index (χ4v) is 3.55. The molecule has 2 heterocycles. The van der Waals surface area contributed by atoms with Gasteiger partial charge in [0.1, 0.15) is 4.34 Å². The summed E-state index contributed by atoms with van der Waals surface area (Å²) in [5.74, 6) is 1.45. The quantitative estimate of drug-likeness (QED) is 0.857. The topological polar surface area (TPSA) is 68.7 Å². The van der Waals surface area contributed by atoms with Gasteiger partial charge in [-0.2, -0.15) is 0 Å². The summed E-state index contributed by atoms with van der Waals surface area (Å²) in [6, 6.07) is 5.85. The molecule has 3 rings (SSSR count). The lowest BCUT2D eigenvalue weighted by atomic mass is 10.2. The zero-order valence-corrected chi connectivity index (χ0v) is 12.0. The molecule has 0 unspecified atom stereocenters. The van der Waals surface area contributed by atoms with Crippen molar-refractivity contribution in [2.75, 3.05) is 6.79 Å². The SMILES string of the molecule is O=C(O)Cc1csc(SCc2ccc3c(c2)OCO3)n1. The lowest BCUT2D eigenvalue weighted by molar-refractivity contribution is -0.136. The van der Waals surface area contributed by atoms with Gasteiger partial charge >= 0.3 is 5.97 Å². The summed E-state index contributed by atoms with van der Waals surface area (Å²) in [6.45, 7) is 0.275. The summed E-state index contributed by atoms with van der Waals surface area (Å²) < 4.78 is 11.5. The van der Waals surface area contributed by atoms with Gasteiger partial charge in [0.15, 0.2) is 11.5 Å². The van der Waals surface area contributed by atoms with E-state index in [2.05, 4.69) is 4.98 Å². The Kier molecular flexibility index (Phi) is 3.79. The Balaban J connectivity index is 1.61. The lowest BCUT2D eigenvalue weighted by Crippen LogP contribution is -1.99. The molecule has 1 aliphatic rings. The number of carbonyl (C=O) groups is 1. The Morgan fingerprint density at radius 3 is 3.10 bits per heavy atom. The summed E-state index contributed by atoms with van der Waals surface area (Å²) in [7, 11) is 0. The van der Waals surface area contributed by atoms with Crippen LogP contribution in [0.5, 0.6) is 11.5 Å². The van der Waals surface area contributed by atoms with Gasteiger partial charge in [-0.05, 0) is 17.7 Å². The molecule has 1 aliphatic heterocycles. The van der Waals surface area contributed by atoms with Crippen LogP contribution in [-0.4, -0.2) is 22.9 Å². The van der Waals surface area contributed by atoms with Crippen LogP contribution >= 0.6 is 23.1 Å². The number of hydrogen-bond donors (Lipinski definition) is 1. The van der Waals surface area contributed by atoms with Crippen LogP contribution < -0.4 is 9.47 Å². The fourth-order valence-electron chi connectivity index (χ4n) is 1.77. The van der Waals surface area contributed by atoms with E-state index in [0.717, 1.165) is 27.2 Å². The van der Waals surface area contributed by atoms with E-state index in [-0.39, 0.29) is 13.2 Å². The minimum Gasteiger partial charge on any atom is -0.481 e. The molecule has 0 saturated heterocycles. The van der Waals surface area contributed by atoms with Crippen LogP contribution in [-0.2, 0) is 17.0 Å². The number of benzene rings is 1. The van der Waals surface area contributed by atoms with Crippen molar-refractivity contribution in [3.8, 4) is 11.5 Å². The van der Waals surface area contributed by atoms with E-state index >= 15 is 0 Å². The number of aliphatic carboxylic acids is 1. The number of ether oxygens (including phenoxy) is 2. The number of carboxylic acid groups (broad SMARTS) is 1. The molecule has 2 aromatic rings. The molecule has 0 saturated carbocycles. The largest absolute Gasteiger partial charge is 0.481 e. The van der Waals surface area contributed by atoms with Gasteiger partial charge in [-0.1, -0.05) is 17.8 Å². The van der Waals surface area contributed by atoms with Crippen LogP contribution in [0, 0.1) is 0 Å². The molecule has 0 fully saturated rings. The molecule has 1 aromatic heterocycles. The minimum atomic E-state index is -0.859. The monoisotopic (exact) mass is 309 g/mol. The third kappa shape index (κ3) is 3.05. The molecule has 5 nitrogen and oxygen atoms in total. The van der Waals surface area contributed by atoms with E-state index in [4.69, 9.17) is 14.6 Å². The number of nitrogens with zero attached hydrogens (tertiary/aromatic N) is 1. The first-order valence-electron chi connectivity index (χ1n) is 5.88. The molecule has 20 heavy (non-hydrogen) atoms. The van der Waals surface area contributed by atoms with Crippen LogP contribution in [0.25, 0.3) is 0 Å². The number of carboxylic acids is 1. The van der Waals surface area contributed by atoms with Crippen LogP contribution in [0.1, 0.15) is 11.3 Å². The van der Waals surface area contributed by atoms with E-state index in [1.807, 2.05) is 18.2 Å². The maximum atomic E-state index is 10.6. The molecule has 0 bridgehead atoms. The van der Waals surface area contributed by atoms with Crippen LogP contribution in [0.15, 0.2) is 27.9 Å². The number of fused-ring (bicyclic) bond motifs is 1. The molecule has 104 valence electrons. The summed E-state index contributed by atoms with van der Waals surface area (Å²) in [5, 5.41) is 10.5. The van der Waals surface area contributed by atoms with E-state index in [0.29, 0.717) is 5.69 Å². The van der Waals surface area contributed by atoms with Crippen molar-refractivity contribution in [3.05, 3.63) is 34.8 Å². The number of hydrogen-bond acceptors (Lipinski definition) is 6. The first-order chi connectivity index (χ1) is 9.70. The summed E-state index contributed by atoms with van der Waals surface area (Å²) in [4.78, 5) is 14.9. The number of rotatable bonds is 5. The second kappa shape index (κ2) is 5.72. The van der Waals surface area contributed by atoms with E-state index in [9.17, 15) is 4.79 Å². The molecular formula is C13H11NO4S2. The fraction of sp³-hybridized carbons (Fsp3) is 0.231. The first kappa shape index (κ1) is 13.3. The van der Waals surface area contributed by atoms with Crippen molar-refractivity contribution in [2.45, 2.75) is 16.5 Å². The second-order valence-corrected chi connectivity index (χ2v) is 6.23. The van der Waals surface area contributed by atoms with Crippen molar-refractivity contribution < 1.29 is 19.4 Å². The Bertz CT molecular complexity index is 641. The highest BCUT2D eigenvalue weighted by Crippen LogP contribution is 2.34. The van der Waals surface area contributed by atoms with Gasteiger partial charge in [0.25, 0.3) is 0 Å². The van der Waals surface area contributed by atoms with Gasteiger partial charge in [-0.3, -0.25) is 4.79 Å². The molecule has 0 aliphatic carbocycles. The number of thiazole rings is 1. The Morgan fingerprint density at radius 2 is 2.25 bits per heavy atom. The molecule has 0 amide bonds. The minimum absolute atomic E-state index is 0.0267. The van der Waals surface area contributed by atoms with Crippen molar-refractivity contribution in [1.82, 2.24) is 4.98 Å². The third-order valence-corrected chi connectivity index (χ3v) is 4.80. The smallest absolute Gasteiger partial charge is 0.309 e. The molecule has 1 aromatic carbocycles. The van der Waals surface area contributed by atoms with Crippen molar-refractivity contribution in [3.63, 3.8) is 0 Å². The Hall–Kier alpha value is -1.73. The van der Waals surface area contributed by atoms with Crippen LogP contribution in [0.2, 0.25) is 0 Å². The van der Waals surface area contributed by atoms with E-state index in [1.54, 1.807) is 17.1 Å². The second-order valence-electron chi connectivity index (χ2n) is 4.15. The number of aromatic nitrogens is 1. The predicted octanol–water partition coefficient (Wildman–Crippen LogP) is 2.79. The summed E-state index contributed by atoms with van der Waals surface area (Å²) in [5.41, 5.74) is 1.73. The lowest BCUT2D eigenvalue weighted by Gasteiger charge is -2.01. The average molecular weight is 309 g/mol. The van der Waals surface area contributed by atoms with Crippen molar-refractivity contribution >= 4 is 29.1 Å². The highest BCUT2D eigenvalue weighted by atomic mass is 32.2. The van der Waals surface area contributed by atoms with E-state index < -0.39 is 5.97 Å². The molecule has 0 spiro atoms. The zero-order chi connectivity index (χ0) is 13.9. The molecule has 7 heteroatoms. The Labute approximate surface area is 123 Å². The first-order valence-corrected chi connectivity index (χ1v) is 7.75. The van der Waals surface area contributed by atoms with Gasteiger partial charge < -0.3 is 14.6 Å². The van der Waals surface area contributed by atoms with Crippen molar-refractivity contribution in [2.24, 2.45) is 0 Å². The molecule has 0 radical (unpaired) electrons. The summed E-state index contributed by atoms with van der Waals surface area (Å²) in [6.07, 6.45) is -0.0267. The van der Waals surface area contributed by atoms with Gasteiger partial charge in [-0.15, -0.1) is 11.3 Å². The van der Waals surface area contributed by atoms with Crippen LogP contribution in [0.4, 0.5) is 0 Å². The van der Waals surface area contributed by atoms with Crippen molar-refractivity contribution in [1.29, 1.82) is 0 Å². The van der Waals surface area contributed by atoms with Gasteiger partial charge in [0, 0.05) is 11.1 Å². The predicted molar refractivity (Wildman–Crippen MR) is 75.6 cm³/mol. The molecule has 0 atom stereocenters. The third-order valence-electron chi connectivity index (χ3n) is 2.66. The Morgan fingerprint density at radius 1 is 1.40 bits per heavy atom. The standard InChI is InChI=1S/C13H11NO4S2/c15-12(16)4-9-6-20-13(14-9)19-5-8-1-2-10-11(3-8)18-7-17-10/h1-3,6H,4-5,7H2,(H,15,16). The zero-order valence-electron chi connectivity index (χ0n) is 10.4. The van der Waals surface area contributed by atoms with Crippen LogP contribution in [0.3, 0.4) is 0 Å². The maximum Gasteiger partial charge on any atom is 0.309 e. The summed E-state index contributed by atoms with van der Waals surface area (Å²) >= 11 is 3.05. The van der Waals surface area contributed by atoms with Gasteiger partial charge in [0.05, 0.1) is 12.1 Å². The maximum absolute atomic E-state index is 10.6.